The third-order valence-corrected chi connectivity index (χ3v) is 2.22. The van der Waals surface area contributed by atoms with Gasteiger partial charge in [-0.3, -0.25) is 9.89 Å². The Hall–Kier alpha value is -2.58. The SMILES string of the molecule is NCC#Cc1cccc(C(=O)Nc2cn[nH]c2)c1. The van der Waals surface area contributed by atoms with Gasteiger partial charge in [-0.05, 0) is 18.2 Å². The number of hydrogen-bond acceptors (Lipinski definition) is 3. The number of anilines is 1. The first-order valence-corrected chi connectivity index (χ1v) is 5.39. The third kappa shape index (κ3) is 2.97. The van der Waals surface area contributed by atoms with E-state index in [-0.39, 0.29) is 5.91 Å². The minimum absolute atomic E-state index is 0.201. The molecule has 90 valence electrons. The van der Waals surface area contributed by atoms with Crippen LogP contribution in [0.15, 0.2) is 36.7 Å². The molecule has 18 heavy (non-hydrogen) atoms. The van der Waals surface area contributed by atoms with Crippen LogP contribution in [0.1, 0.15) is 15.9 Å². The van der Waals surface area contributed by atoms with Crippen LogP contribution in [0.3, 0.4) is 0 Å². The Labute approximate surface area is 104 Å². The number of nitrogens with two attached hydrogens (primary N) is 1. The fraction of sp³-hybridized carbons (Fsp3) is 0.0769. The van der Waals surface area contributed by atoms with E-state index in [0.29, 0.717) is 17.8 Å². The van der Waals surface area contributed by atoms with Gasteiger partial charge in [-0.15, -0.1) is 0 Å². The maximum Gasteiger partial charge on any atom is 0.255 e. The molecule has 0 unspecified atom stereocenters. The zero-order valence-corrected chi connectivity index (χ0v) is 9.60. The van der Waals surface area contributed by atoms with Gasteiger partial charge in [0.2, 0.25) is 0 Å². The van der Waals surface area contributed by atoms with Gasteiger partial charge in [0.05, 0.1) is 18.4 Å². The largest absolute Gasteiger partial charge is 0.320 e. The topological polar surface area (TPSA) is 83.8 Å². The number of hydrogen-bond donors (Lipinski definition) is 3. The summed E-state index contributed by atoms with van der Waals surface area (Å²) < 4.78 is 0. The standard InChI is InChI=1S/C13H12N4O/c14-6-2-4-10-3-1-5-11(7-10)13(18)17-12-8-15-16-9-12/h1,3,5,7-9H,6,14H2,(H,15,16)(H,17,18). The first-order chi connectivity index (χ1) is 8.79. The maximum atomic E-state index is 11.9. The van der Waals surface area contributed by atoms with Crippen LogP contribution in [-0.2, 0) is 0 Å². The van der Waals surface area contributed by atoms with Crippen molar-refractivity contribution < 1.29 is 4.79 Å². The average molecular weight is 240 g/mol. The molecule has 1 heterocycles. The number of nitrogens with one attached hydrogen (secondary N) is 2. The Morgan fingerprint density at radius 2 is 2.39 bits per heavy atom. The predicted octanol–water partition coefficient (Wildman–Crippen LogP) is 0.972. The zero-order valence-electron chi connectivity index (χ0n) is 9.60. The van der Waals surface area contributed by atoms with E-state index in [2.05, 4.69) is 27.4 Å². The Bertz CT molecular complexity index is 593. The van der Waals surface area contributed by atoms with Crippen molar-refractivity contribution in [3.63, 3.8) is 0 Å². The molecule has 0 radical (unpaired) electrons. The number of aromatic amines is 1. The highest BCUT2D eigenvalue weighted by atomic mass is 16.1. The van der Waals surface area contributed by atoms with Gasteiger partial charge in [-0.2, -0.15) is 5.10 Å². The third-order valence-electron chi connectivity index (χ3n) is 2.22. The van der Waals surface area contributed by atoms with Gasteiger partial charge < -0.3 is 11.1 Å². The van der Waals surface area contributed by atoms with Crippen LogP contribution in [0.4, 0.5) is 5.69 Å². The summed E-state index contributed by atoms with van der Waals surface area (Å²) in [6.07, 6.45) is 3.14. The molecule has 5 nitrogen and oxygen atoms in total. The molecule has 1 aromatic carbocycles. The molecule has 0 atom stereocenters. The van der Waals surface area contributed by atoms with E-state index in [1.54, 1.807) is 24.4 Å². The van der Waals surface area contributed by atoms with Crippen molar-refractivity contribution in [1.29, 1.82) is 0 Å². The number of H-pyrrole nitrogens is 1. The molecule has 2 aromatic rings. The summed E-state index contributed by atoms with van der Waals surface area (Å²) in [6, 6.07) is 7.06. The molecule has 0 bridgehead atoms. The highest BCUT2D eigenvalue weighted by Crippen LogP contribution is 2.08. The van der Waals surface area contributed by atoms with E-state index < -0.39 is 0 Å². The summed E-state index contributed by atoms with van der Waals surface area (Å²) in [7, 11) is 0. The lowest BCUT2D eigenvalue weighted by Crippen LogP contribution is -2.11. The second-order valence-corrected chi connectivity index (χ2v) is 3.53. The van der Waals surface area contributed by atoms with Crippen LogP contribution in [0, 0.1) is 11.8 Å². The number of aromatic nitrogens is 2. The van der Waals surface area contributed by atoms with Crippen LogP contribution in [0.25, 0.3) is 0 Å². The summed E-state index contributed by atoms with van der Waals surface area (Å²) in [5.74, 6) is 5.43. The van der Waals surface area contributed by atoms with E-state index in [1.807, 2.05) is 6.07 Å². The number of amides is 1. The molecule has 0 aliphatic heterocycles. The number of benzene rings is 1. The maximum absolute atomic E-state index is 11.9. The van der Waals surface area contributed by atoms with Crippen LogP contribution in [0.2, 0.25) is 0 Å². The normalized spacial score (nSPS) is 9.39. The highest BCUT2D eigenvalue weighted by Gasteiger charge is 2.06. The Morgan fingerprint density at radius 3 is 3.11 bits per heavy atom. The number of carbonyl (C=O) groups is 1. The summed E-state index contributed by atoms with van der Waals surface area (Å²) in [4.78, 5) is 11.9. The summed E-state index contributed by atoms with van der Waals surface area (Å²) in [5.41, 5.74) is 7.23. The quantitative estimate of drug-likeness (QED) is 0.684. The molecule has 0 fully saturated rings. The monoisotopic (exact) mass is 240 g/mol. The van der Waals surface area contributed by atoms with Crippen LogP contribution >= 0.6 is 0 Å². The predicted molar refractivity (Wildman–Crippen MR) is 68.9 cm³/mol. The van der Waals surface area contributed by atoms with Crippen molar-refractivity contribution in [2.45, 2.75) is 0 Å². The highest BCUT2D eigenvalue weighted by molar-refractivity contribution is 6.04. The van der Waals surface area contributed by atoms with Gasteiger partial charge in [0.15, 0.2) is 0 Å². The van der Waals surface area contributed by atoms with Crippen molar-refractivity contribution in [2.24, 2.45) is 5.73 Å². The molecule has 1 aromatic heterocycles. The zero-order chi connectivity index (χ0) is 12.8. The van der Waals surface area contributed by atoms with Gasteiger partial charge in [0.25, 0.3) is 5.91 Å². The van der Waals surface area contributed by atoms with E-state index in [1.165, 1.54) is 6.20 Å². The van der Waals surface area contributed by atoms with Crippen molar-refractivity contribution in [1.82, 2.24) is 10.2 Å². The molecule has 0 saturated carbocycles. The lowest BCUT2D eigenvalue weighted by atomic mass is 10.1. The minimum Gasteiger partial charge on any atom is -0.320 e. The van der Waals surface area contributed by atoms with E-state index >= 15 is 0 Å². The van der Waals surface area contributed by atoms with Gasteiger partial charge >= 0.3 is 0 Å². The molecule has 1 amide bonds. The van der Waals surface area contributed by atoms with Crippen molar-refractivity contribution >= 4 is 11.6 Å². The van der Waals surface area contributed by atoms with Crippen molar-refractivity contribution in [3.05, 3.63) is 47.8 Å². The van der Waals surface area contributed by atoms with Crippen LogP contribution in [0.5, 0.6) is 0 Å². The number of carbonyl (C=O) groups excluding carboxylic acids is 1. The van der Waals surface area contributed by atoms with Gasteiger partial charge in [0, 0.05) is 17.3 Å². The molecular weight excluding hydrogens is 228 g/mol. The van der Waals surface area contributed by atoms with E-state index in [9.17, 15) is 4.79 Å². The summed E-state index contributed by atoms with van der Waals surface area (Å²) in [6.45, 7) is 0.297. The fourth-order valence-electron chi connectivity index (χ4n) is 1.41. The molecule has 0 aliphatic carbocycles. The van der Waals surface area contributed by atoms with Gasteiger partial charge in [0.1, 0.15) is 0 Å². The molecule has 0 saturated heterocycles. The van der Waals surface area contributed by atoms with Gasteiger partial charge in [-0.25, -0.2) is 0 Å². The van der Waals surface area contributed by atoms with E-state index in [4.69, 9.17) is 5.73 Å². The average Bonchev–Trinajstić information content (AvgIpc) is 2.89. The minimum atomic E-state index is -0.201. The second-order valence-electron chi connectivity index (χ2n) is 3.53. The lowest BCUT2D eigenvalue weighted by Gasteiger charge is -2.02. The molecular formula is C13H12N4O. The van der Waals surface area contributed by atoms with Crippen LogP contribution < -0.4 is 11.1 Å². The molecule has 0 spiro atoms. The Morgan fingerprint density at radius 1 is 1.50 bits per heavy atom. The number of rotatable bonds is 2. The van der Waals surface area contributed by atoms with Crippen LogP contribution in [-0.4, -0.2) is 22.6 Å². The Balaban J connectivity index is 2.15. The lowest BCUT2D eigenvalue weighted by molar-refractivity contribution is 0.102. The Kier molecular flexibility index (Phi) is 3.74. The number of nitrogens with zero attached hydrogens (tertiary/aromatic N) is 1. The first-order valence-electron chi connectivity index (χ1n) is 5.39. The second kappa shape index (κ2) is 5.66. The summed E-state index contributed by atoms with van der Waals surface area (Å²) >= 11 is 0. The smallest absolute Gasteiger partial charge is 0.255 e. The molecule has 5 heteroatoms. The summed E-state index contributed by atoms with van der Waals surface area (Å²) in [5, 5.41) is 9.09. The van der Waals surface area contributed by atoms with Crippen molar-refractivity contribution in [3.8, 4) is 11.8 Å². The molecule has 2 rings (SSSR count). The molecule has 0 aliphatic rings. The first kappa shape index (κ1) is 11.9. The van der Waals surface area contributed by atoms with Gasteiger partial charge in [-0.1, -0.05) is 17.9 Å². The van der Waals surface area contributed by atoms with E-state index in [0.717, 1.165) is 5.56 Å². The fourth-order valence-corrected chi connectivity index (χ4v) is 1.41. The van der Waals surface area contributed by atoms with Crippen molar-refractivity contribution in [2.75, 3.05) is 11.9 Å². The molecule has 4 N–H and O–H groups in total.